The molecule has 2 rings (SSSR count). The molecule has 18 heavy (non-hydrogen) atoms. The number of carbonyl (C=O) groups is 1. The lowest BCUT2D eigenvalue weighted by atomic mass is 10.0. The highest BCUT2D eigenvalue weighted by molar-refractivity contribution is 6.12. The molecule has 4 heteroatoms. The van der Waals surface area contributed by atoms with Gasteiger partial charge in [-0.05, 0) is 12.1 Å². The van der Waals surface area contributed by atoms with Crippen molar-refractivity contribution in [3.05, 3.63) is 70.6 Å². The Kier molecular flexibility index (Phi) is 3.48. The molecule has 0 aliphatic carbocycles. The molecule has 0 aliphatic heterocycles. The van der Waals surface area contributed by atoms with Gasteiger partial charge in [0.1, 0.15) is 0 Å². The molecule has 2 aromatic rings. The van der Waals surface area contributed by atoms with Gasteiger partial charge in [-0.25, -0.2) is 5.01 Å². The molecule has 0 saturated heterocycles. The van der Waals surface area contributed by atoms with E-state index in [1.807, 2.05) is 6.07 Å². The van der Waals surface area contributed by atoms with E-state index in [0.29, 0.717) is 16.8 Å². The van der Waals surface area contributed by atoms with Crippen LogP contribution in [-0.4, -0.2) is 12.8 Å². The first-order valence-corrected chi connectivity index (χ1v) is 5.50. The predicted molar refractivity (Wildman–Crippen MR) is 70.5 cm³/mol. The molecule has 0 heterocycles. The van der Waals surface area contributed by atoms with Crippen LogP contribution in [0.15, 0.2) is 59.9 Å². The Labute approximate surface area is 105 Å². The molecule has 0 bridgehead atoms. The third-order valence-corrected chi connectivity index (χ3v) is 2.66. The van der Waals surface area contributed by atoms with Gasteiger partial charge < -0.3 is 0 Å². The van der Waals surface area contributed by atoms with Crippen LogP contribution in [0.25, 0.3) is 0 Å². The maximum absolute atomic E-state index is 12.3. The minimum Gasteiger partial charge on any atom is -0.289 e. The van der Waals surface area contributed by atoms with Gasteiger partial charge >= 0.3 is 0 Å². The zero-order valence-electron chi connectivity index (χ0n) is 9.91. The van der Waals surface area contributed by atoms with Crippen molar-refractivity contribution in [1.82, 2.24) is 0 Å². The van der Waals surface area contributed by atoms with E-state index in [1.54, 1.807) is 48.5 Å². The summed E-state index contributed by atoms with van der Waals surface area (Å²) >= 11 is 0. The molecule has 0 aromatic heterocycles. The SMILES string of the molecule is CN(N=O)c1ccccc1C(=O)c1ccccc1. The van der Waals surface area contributed by atoms with Crippen LogP contribution in [0.3, 0.4) is 0 Å². The van der Waals surface area contributed by atoms with Crippen LogP contribution in [0.2, 0.25) is 0 Å². The van der Waals surface area contributed by atoms with Gasteiger partial charge in [0.2, 0.25) is 0 Å². The Morgan fingerprint density at radius 2 is 1.61 bits per heavy atom. The molecule has 0 radical (unpaired) electrons. The minimum absolute atomic E-state index is 0.123. The molecule has 4 nitrogen and oxygen atoms in total. The summed E-state index contributed by atoms with van der Waals surface area (Å²) in [6.45, 7) is 0. The van der Waals surface area contributed by atoms with Crippen LogP contribution < -0.4 is 5.01 Å². The highest BCUT2D eigenvalue weighted by Crippen LogP contribution is 2.22. The molecule has 2 aromatic carbocycles. The number of nitrogens with zero attached hydrogens (tertiary/aromatic N) is 2. The van der Waals surface area contributed by atoms with Gasteiger partial charge in [0, 0.05) is 18.2 Å². The second kappa shape index (κ2) is 5.23. The Balaban J connectivity index is 2.46. The van der Waals surface area contributed by atoms with Crippen molar-refractivity contribution in [3.63, 3.8) is 0 Å². The second-order valence-electron chi connectivity index (χ2n) is 3.82. The zero-order valence-corrected chi connectivity index (χ0v) is 9.91. The second-order valence-corrected chi connectivity index (χ2v) is 3.82. The number of hydrogen-bond acceptors (Lipinski definition) is 3. The average Bonchev–Trinajstić information content (AvgIpc) is 2.46. The fourth-order valence-electron chi connectivity index (χ4n) is 1.74. The van der Waals surface area contributed by atoms with E-state index in [9.17, 15) is 9.70 Å². The van der Waals surface area contributed by atoms with Crippen LogP contribution in [0, 0.1) is 4.91 Å². The fourth-order valence-corrected chi connectivity index (χ4v) is 1.74. The highest BCUT2D eigenvalue weighted by Gasteiger charge is 2.15. The van der Waals surface area contributed by atoms with Gasteiger partial charge in [-0.3, -0.25) is 4.79 Å². The standard InChI is InChI=1S/C14H12N2O2/c1-16(15-18)13-10-6-5-9-12(13)14(17)11-7-3-2-4-8-11/h2-10H,1H3. The molecule has 0 aliphatic rings. The number of rotatable bonds is 4. The van der Waals surface area contributed by atoms with Gasteiger partial charge in [0.25, 0.3) is 0 Å². The third kappa shape index (κ3) is 2.27. The normalized spacial score (nSPS) is 9.83. The number of para-hydroxylation sites is 1. The van der Waals surface area contributed by atoms with E-state index in [-0.39, 0.29) is 5.78 Å². The molecule has 0 fully saturated rings. The molecule has 0 atom stereocenters. The van der Waals surface area contributed by atoms with E-state index in [4.69, 9.17) is 0 Å². The first-order chi connectivity index (χ1) is 8.74. The van der Waals surface area contributed by atoms with E-state index >= 15 is 0 Å². The summed E-state index contributed by atoms with van der Waals surface area (Å²) in [5.41, 5.74) is 1.55. The predicted octanol–water partition coefficient (Wildman–Crippen LogP) is 3.04. The smallest absolute Gasteiger partial charge is 0.195 e. The van der Waals surface area contributed by atoms with E-state index in [0.717, 1.165) is 5.01 Å². The number of hydrogen-bond donors (Lipinski definition) is 0. The van der Waals surface area contributed by atoms with Gasteiger partial charge in [-0.15, -0.1) is 4.91 Å². The van der Waals surface area contributed by atoms with Gasteiger partial charge in [-0.2, -0.15) is 0 Å². The number of carbonyl (C=O) groups excluding carboxylic acids is 1. The van der Waals surface area contributed by atoms with Crippen molar-refractivity contribution in [2.45, 2.75) is 0 Å². The van der Waals surface area contributed by atoms with E-state index in [1.165, 1.54) is 7.05 Å². The van der Waals surface area contributed by atoms with Crippen LogP contribution in [0.5, 0.6) is 0 Å². The molecule has 0 spiro atoms. The Bertz CT molecular complexity index is 567. The minimum atomic E-state index is -0.123. The highest BCUT2D eigenvalue weighted by atomic mass is 16.3. The van der Waals surface area contributed by atoms with Crippen molar-refractivity contribution in [2.75, 3.05) is 12.1 Å². The Hall–Kier alpha value is -2.49. The third-order valence-electron chi connectivity index (χ3n) is 2.66. The first-order valence-electron chi connectivity index (χ1n) is 5.50. The van der Waals surface area contributed by atoms with Gasteiger partial charge in [0.15, 0.2) is 5.78 Å². The largest absolute Gasteiger partial charge is 0.289 e. The summed E-state index contributed by atoms with van der Waals surface area (Å²) in [6, 6.07) is 15.8. The summed E-state index contributed by atoms with van der Waals surface area (Å²) in [5, 5.41) is 3.98. The maximum atomic E-state index is 12.3. The number of anilines is 1. The molecule has 0 N–H and O–H groups in total. The lowest BCUT2D eigenvalue weighted by molar-refractivity contribution is 0.103. The van der Waals surface area contributed by atoms with Crippen LogP contribution >= 0.6 is 0 Å². The Morgan fingerprint density at radius 1 is 1.00 bits per heavy atom. The van der Waals surface area contributed by atoms with Crippen LogP contribution in [-0.2, 0) is 0 Å². The van der Waals surface area contributed by atoms with Crippen molar-refractivity contribution in [1.29, 1.82) is 0 Å². The van der Waals surface area contributed by atoms with Gasteiger partial charge in [-0.1, -0.05) is 42.5 Å². The van der Waals surface area contributed by atoms with Crippen molar-refractivity contribution < 1.29 is 4.79 Å². The lowest BCUT2D eigenvalue weighted by Crippen LogP contribution is -2.13. The lowest BCUT2D eigenvalue weighted by Gasteiger charge is -2.13. The first kappa shape index (κ1) is 12.0. The topological polar surface area (TPSA) is 49.7 Å². The van der Waals surface area contributed by atoms with E-state index < -0.39 is 0 Å². The van der Waals surface area contributed by atoms with Crippen LogP contribution in [0.4, 0.5) is 5.69 Å². The molecule has 90 valence electrons. The van der Waals surface area contributed by atoms with Crippen molar-refractivity contribution >= 4 is 11.5 Å². The van der Waals surface area contributed by atoms with Crippen LogP contribution in [0.1, 0.15) is 15.9 Å². The monoisotopic (exact) mass is 240 g/mol. The fraction of sp³-hybridized carbons (Fsp3) is 0.0714. The molecular weight excluding hydrogens is 228 g/mol. The molecule has 0 saturated carbocycles. The maximum Gasteiger partial charge on any atom is 0.195 e. The average molecular weight is 240 g/mol. The molecular formula is C14H12N2O2. The molecule has 0 unspecified atom stereocenters. The summed E-state index contributed by atoms with van der Waals surface area (Å²) in [5.74, 6) is -0.123. The van der Waals surface area contributed by atoms with E-state index in [2.05, 4.69) is 5.29 Å². The van der Waals surface area contributed by atoms with Crippen molar-refractivity contribution in [2.24, 2.45) is 5.29 Å². The zero-order chi connectivity index (χ0) is 13.0. The summed E-state index contributed by atoms with van der Waals surface area (Å²) < 4.78 is 0. The number of nitroso groups, excluding NO2 is 1. The Morgan fingerprint density at radius 3 is 2.28 bits per heavy atom. The number of ketones is 1. The number of benzene rings is 2. The quantitative estimate of drug-likeness (QED) is 0.469. The summed E-state index contributed by atoms with van der Waals surface area (Å²) in [6.07, 6.45) is 0. The summed E-state index contributed by atoms with van der Waals surface area (Å²) in [7, 11) is 1.52. The summed E-state index contributed by atoms with van der Waals surface area (Å²) in [4.78, 5) is 22.9. The molecule has 0 amide bonds. The van der Waals surface area contributed by atoms with Gasteiger partial charge in [0.05, 0.1) is 11.0 Å². The van der Waals surface area contributed by atoms with Crippen molar-refractivity contribution in [3.8, 4) is 0 Å².